The third-order valence-corrected chi connectivity index (χ3v) is 5.71. The largest absolute Gasteiger partial charge is 0.442 e. The minimum atomic E-state index is -0.635. The normalized spacial score (nSPS) is 13.3. The van der Waals surface area contributed by atoms with Gasteiger partial charge in [0.05, 0.1) is 28.8 Å². The predicted octanol–water partition coefficient (Wildman–Crippen LogP) is 7.26. The number of hydrogen-bond acceptors (Lipinski definition) is 6. The van der Waals surface area contributed by atoms with Crippen molar-refractivity contribution in [3.8, 4) is 0 Å². The van der Waals surface area contributed by atoms with Crippen LogP contribution >= 0.6 is 11.9 Å². The van der Waals surface area contributed by atoms with Gasteiger partial charge in [-0.3, -0.25) is 0 Å². The molecule has 32 heavy (non-hydrogen) atoms. The summed E-state index contributed by atoms with van der Waals surface area (Å²) in [4.78, 5) is 12.6. The van der Waals surface area contributed by atoms with Crippen LogP contribution in [0.1, 0.15) is 53.0 Å². The molecule has 3 aromatic rings. The second-order valence-electron chi connectivity index (χ2n) is 8.49. The Labute approximate surface area is 193 Å². The van der Waals surface area contributed by atoms with Gasteiger partial charge in [-0.25, -0.2) is 9.18 Å². The Bertz CT molecular complexity index is 1100. The highest BCUT2D eigenvalue weighted by molar-refractivity contribution is 8.01. The first-order valence-corrected chi connectivity index (χ1v) is 11.8. The number of carbonyl (C=O) groups excluding carboxylic acids is 1. The van der Waals surface area contributed by atoms with E-state index in [2.05, 4.69) is 15.1 Å². The van der Waals surface area contributed by atoms with Gasteiger partial charge in [0.2, 0.25) is 0 Å². The fourth-order valence-corrected chi connectivity index (χ4v) is 3.80. The first kappa shape index (κ1) is 23.9. The van der Waals surface area contributed by atoms with Crippen molar-refractivity contribution in [2.75, 3.05) is 10.0 Å². The number of carbonyl (C=O) groups is 1. The molecule has 1 aliphatic rings. The summed E-state index contributed by atoms with van der Waals surface area (Å²) in [6.07, 6.45) is 3.41. The summed E-state index contributed by atoms with van der Waals surface area (Å²) < 4.78 is 24.6. The van der Waals surface area contributed by atoms with Crippen LogP contribution in [0.15, 0.2) is 36.5 Å². The Morgan fingerprint density at radius 3 is 2.50 bits per heavy atom. The van der Waals surface area contributed by atoms with E-state index >= 15 is 0 Å². The number of halogens is 1. The minimum absolute atomic E-state index is 0.340. The van der Waals surface area contributed by atoms with Crippen molar-refractivity contribution in [3.05, 3.63) is 47.9 Å². The van der Waals surface area contributed by atoms with E-state index in [1.165, 1.54) is 23.6 Å². The van der Waals surface area contributed by atoms with Crippen LogP contribution in [-0.4, -0.2) is 26.7 Å². The number of benzene rings is 2. The van der Waals surface area contributed by atoms with E-state index in [1.54, 1.807) is 45.0 Å². The van der Waals surface area contributed by atoms with Crippen LogP contribution in [0.3, 0.4) is 0 Å². The summed E-state index contributed by atoms with van der Waals surface area (Å²) in [5.41, 5.74) is 2.63. The number of nitrogens with zero attached hydrogens (tertiary/aromatic N) is 2. The first-order valence-electron chi connectivity index (χ1n) is 10.9. The lowest BCUT2D eigenvalue weighted by atomic mass is 10.1. The van der Waals surface area contributed by atoms with Gasteiger partial charge in [-0.1, -0.05) is 19.9 Å². The maximum atomic E-state index is 14.5. The van der Waals surface area contributed by atoms with Crippen molar-refractivity contribution in [2.24, 2.45) is 0 Å². The number of ether oxygens (including phenoxy) is 1. The molecule has 1 aliphatic carbocycles. The smallest absolute Gasteiger partial charge is 0.435 e. The van der Waals surface area contributed by atoms with Crippen molar-refractivity contribution >= 4 is 46.0 Å². The summed E-state index contributed by atoms with van der Waals surface area (Å²) >= 11 is 1.65. The van der Waals surface area contributed by atoms with Crippen LogP contribution in [0.4, 0.5) is 26.2 Å². The fourth-order valence-electron chi connectivity index (χ4n) is 2.96. The van der Waals surface area contributed by atoms with Gasteiger partial charge in [-0.2, -0.15) is 9.78 Å². The Balaban J connectivity index is 0.00000141. The van der Waals surface area contributed by atoms with Gasteiger partial charge in [0, 0.05) is 10.6 Å². The number of aryl methyl sites for hydroxylation is 1. The van der Waals surface area contributed by atoms with Gasteiger partial charge in [0.15, 0.2) is 0 Å². The number of nitrogens with one attached hydrogen (secondary N) is 2. The molecule has 1 heterocycles. The highest BCUT2D eigenvalue weighted by Crippen LogP contribution is 2.40. The van der Waals surface area contributed by atoms with Gasteiger partial charge in [-0.05, 0) is 82.3 Å². The third-order valence-electron chi connectivity index (χ3n) is 4.56. The zero-order chi connectivity index (χ0) is 23.5. The summed E-state index contributed by atoms with van der Waals surface area (Å²) in [6, 6.07) is 8.73. The number of hydrogen-bond donors (Lipinski definition) is 2. The van der Waals surface area contributed by atoms with Crippen molar-refractivity contribution in [1.29, 1.82) is 0 Å². The molecule has 0 amide bonds. The molecule has 0 spiro atoms. The van der Waals surface area contributed by atoms with Gasteiger partial charge in [0.25, 0.3) is 0 Å². The molecule has 8 heteroatoms. The monoisotopic (exact) mass is 458 g/mol. The zero-order valence-corrected chi connectivity index (χ0v) is 20.3. The molecule has 172 valence electrons. The Hall–Kier alpha value is -2.74. The van der Waals surface area contributed by atoms with E-state index < -0.39 is 11.7 Å². The van der Waals surface area contributed by atoms with Crippen molar-refractivity contribution < 1.29 is 13.9 Å². The molecule has 1 fully saturated rings. The molecule has 1 saturated carbocycles. The van der Waals surface area contributed by atoms with E-state index in [0.717, 1.165) is 11.3 Å². The highest BCUT2D eigenvalue weighted by Gasteiger charge is 2.24. The molecule has 2 aromatic carbocycles. The molecule has 0 unspecified atom stereocenters. The molecule has 2 N–H and O–H groups in total. The number of anilines is 3. The fraction of sp³-hybridized carbons (Fsp3) is 0.417. The van der Waals surface area contributed by atoms with Gasteiger partial charge < -0.3 is 14.8 Å². The van der Waals surface area contributed by atoms with Crippen LogP contribution in [0.5, 0.6) is 0 Å². The Kier molecular flexibility index (Phi) is 7.33. The van der Waals surface area contributed by atoms with E-state index in [9.17, 15) is 9.18 Å². The summed E-state index contributed by atoms with van der Waals surface area (Å²) in [6.45, 7) is 11.3. The number of rotatable bonds is 5. The predicted molar refractivity (Wildman–Crippen MR) is 131 cm³/mol. The number of fused-ring (bicyclic) bond motifs is 1. The summed E-state index contributed by atoms with van der Waals surface area (Å²) in [7, 11) is 0. The number of aromatic nitrogens is 2. The third kappa shape index (κ3) is 5.73. The molecular weight excluding hydrogens is 427 g/mol. The maximum Gasteiger partial charge on any atom is 0.435 e. The zero-order valence-electron chi connectivity index (χ0n) is 19.5. The van der Waals surface area contributed by atoms with E-state index in [1.807, 2.05) is 39.0 Å². The summed E-state index contributed by atoms with van der Waals surface area (Å²) in [5, 5.41) is 8.73. The molecule has 6 nitrogen and oxygen atoms in total. The summed E-state index contributed by atoms with van der Waals surface area (Å²) in [5.74, 6) is -0.340. The van der Waals surface area contributed by atoms with E-state index in [0.29, 0.717) is 27.5 Å². The molecule has 0 bridgehead atoms. The molecule has 0 aliphatic heterocycles. The molecule has 0 atom stereocenters. The Morgan fingerprint density at radius 1 is 1.19 bits per heavy atom. The van der Waals surface area contributed by atoms with E-state index in [4.69, 9.17) is 4.74 Å². The average Bonchev–Trinajstić information content (AvgIpc) is 3.45. The molecule has 1 aromatic heterocycles. The van der Waals surface area contributed by atoms with Crippen molar-refractivity contribution in [2.45, 2.75) is 65.2 Å². The minimum Gasteiger partial charge on any atom is -0.442 e. The SMILES string of the molecule is CC.Cc1ccc(Nc2c(NSC3CC3)ccc3c2cnn3C(=O)OC(C)(C)C)c(F)c1. The first-order chi connectivity index (χ1) is 15.2. The molecule has 0 saturated heterocycles. The van der Waals surface area contributed by atoms with Crippen molar-refractivity contribution in [1.82, 2.24) is 9.78 Å². The standard InChI is InChI=1S/C22H25FN4O2S.C2H6/c1-13-5-8-17(16(23)11-13)25-20-15-12-24-27(21(28)29-22(2,3)4)19(15)10-9-18(20)26-30-14-6-7-14;1-2/h5,8-12,14,25-26H,6-7H2,1-4H3;1-2H3. The maximum absolute atomic E-state index is 14.5. The van der Waals surface area contributed by atoms with Crippen LogP contribution in [-0.2, 0) is 4.74 Å². The lowest BCUT2D eigenvalue weighted by Gasteiger charge is -2.19. The van der Waals surface area contributed by atoms with Crippen LogP contribution in [0, 0.1) is 12.7 Å². The van der Waals surface area contributed by atoms with Crippen LogP contribution in [0.2, 0.25) is 0 Å². The molecular formula is C24H31FN4O2S. The average molecular weight is 459 g/mol. The molecule has 0 radical (unpaired) electrons. The lowest BCUT2D eigenvalue weighted by Crippen LogP contribution is -2.27. The second kappa shape index (κ2) is 9.81. The van der Waals surface area contributed by atoms with Gasteiger partial charge in [0.1, 0.15) is 11.4 Å². The lowest BCUT2D eigenvalue weighted by molar-refractivity contribution is 0.0522. The quantitative estimate of drug-likeness (QED) is 0.392. The van der Waals surface area contributed by atoms with Crippen molar-refractivity contribution in [3.63, 3.8) is 0 Å². The van der Waals surface area contributed by atoms with Crippen LogP contribution < -0.4 is 10.0 Å². The Morgan fingerprint density at radius 2 is 1.88 bits per heavy atom. The highest BCUT2D eigenvalue weighted by atomic mass is 32.2. The topological polar surface area (TPSA) is 68.2 Å². The second-order valence-corrected chi connectivity index (χ2v) is 9.59. The van der Waals surface area contributed by atoms with E-state index in [-0.39, 0.29) is 5.82 Å². The van der Waals surface area contributed by atoms with Gasteiger partial charge in [-0.15, -0.1) is 0 Å². The van der Waals surface area contributed by atoms with Crippen LogP contribution in [0.25, 0.3) is 10.9 Å². The molecule has 4 rings (SSSR count). The van der Waals surface area contributed by atoms with Gasteiger partial charge >= 0.3 is 6.09 Å².